The molecule has 0 bridgehead atoms. The second-order valence-corrected chi connectivity index (χ2v) is 5.64. The summed E-state index contributed by atoms with van der Waals surface area (Å²) in [6.45, 7) is 3.74. The molecule has 0 N–H and O–H groups in total. The van der Waals surface area contributed by atoms with Crippen LogP contribution in [0, 0.1) is 6.92 Å². The van der Waals surface area contributed by atoms with Crippen molar-refractivity contribution in [2.24, 2.45) is 0 Å². The molecule has 0 aromatic rings. The van der Waals surface area contributed by atoms with E-state index in [1.54, 1.807) is 14.2 Å². The summed E-state index contributed by atoms with van der Waals surface area (Å²) in [7, 11) is 3.35. The fourth-order valence-corrected chi connectivity index (χ4v) is 2.19. The molecule has 0 saturated carbocycles. The predicted molar refractivity (Wildman–Crippen MR) is 36.5 cm³/mol. The zero-order valence-electron chi connectivity index (χ0n) is 5.52. The van der Waals surface area contributed by atoms with Gasteiger partial charge >= 0.3 is 56.4 Å². The zero-order valence-corrected chi connectivity index (χ0v) is 8.48. The van der Waals surface area contributed by atoms with Crippen LogP contribution in [0.3, 0.4) is 0 Å². The first-order chi connectivity index (χ1) is 3.85. The van der Waals surface area contributed by atoms with Crippen LogP contribution in [-0.2, 0) is 9.47 Å². The standard InChI is InChI=1S/C5H13GeO2/c1-4-6-5(7-2)8-3/h5H,1,4,6H2,2-3H3. The Morgan fingerprint density at radius 2 is 2.00 bits per heavy atom. The second-order valence-electron chi connectivity index (χ2n) is 1.54. The molecule has 0 saturated heterocycles. The number of hydrogen-bond donors (Lipinski definition) is 0. The monoisotopic (exact) mass is 179 g/mol. The van der Waals surface area contributed by atoms with E-state index in [0.29, 0.717) is 0 Å². The van der Waals surface area contributed by atoms with Gasteiger partial charge in [0, 0.05) is 0 Å². The molecule has 0 unspecified atom stereocenters. The molecule has 0 atom stereocenters. The third kappa shape index (κ3) is 3.46. The van der Waals surface area contributed by atoms with E-state index < -0.39 is 15.4 Å². The van der Waals surface area contributed by atoms with E-state index in [9.17, 15) is 0 Å². The van der Waals surface area contributed by atoms with Gasteiger partial charge in [-0.05, 0) is 0 Å². The van der Waals surface area contributed by atoms with Crippen LogP contribution in [0.15, 0.2) is 0 Å². The molecule has 0 aromatic carbocycles. The third-order valence-corrected chi connectivity index (χ3v) is 4.21. The summed E-state index contributed by atoms with van der Waals surface area (Å²) < 4.78 is 9.92. The van der Waals surface area contributed by atoms with Crippen LogP contribution in [0.5, 0.6) is 0 Å². The Kier molecular flexibility index (Phi) is 5.92. The van der Waals surface area contributed by atoms with E-state index in [4.69, 9.17) is 9.47 Å². The van der Waals surface area contributed by atoms with E-state index >= 15 is 0 Å². The molecule has 0 aliphatic heterocycles. The SMILES string of the molecule is [CH2][CH2][GeH2][CH](OC)OC. The fraction of sp³-hybridized carbons (Fsp3) is 0.800. The van der Waals surface area contributed by atoms with Crippen LogP contribution >= 0.6 is 0 Å². The van der Waals surface area contributed by atoms with Crippen molar-refractivity contribution in [3.8, 4) is 0 Å². The molecule has 2 nitrogen and oxygen atoms in total. The quantitative estimate of drug-likeness (QED) is 0.444. The van der Waals surface area contributed by atoms with Gasteiger partial charge in [-0.2, -0.15) is 0 Å². The Hall–Kier alpha value is 0.463. The van der Waals surface area contributed by atoms with E-state index in [2.05, 4.69) is 6.92 Å². The Morgan fingerprint density at radius 3 is 2.12 bits per heavy atom. The number of methoxy groups -OCH3 is 2. The van der Waals surface area contributed by atoms with Crippen LogP contribution in [0.2, 0.25) is 5.25 Å². The minimum absolute atomic E-state index is 0.125. The summed E-state index contributed by atoms with van der Waals surface area (Å²) in [5.41, 5.74) is 0. The fourth-order valence-electron chi connectivity index (χ4n) is 0.499. The van der Waals surface area contributed by atoms with Crippen LogP contribution in [0.4, 0.5) is 0 Å². The van der Waals surface area contributed by atoms with Crippen LogP contribution in [0.25, 0.3) is 0 Å². The predicted octanol–water partition coefficient (Wildman–Crippen LogP) is -0.0160. The van der Waals surface area contributed by atoms with E-state index in [-0.39, 0.29) is 5.12 Å². The summed E-state index contributed by atoms with van der Waals surface area (Å²) in [6, 6.07) is 0. The topological polar surface area (TPSA) is 18.5 Å². The maximum atomic E-state index is 4.96. The minimum atomic E-state index is -0.601. The summed E-state index contributed by atoms with van der Waals surface area (Å²) >= 11 is -0.601. The van der Waals surface area contributed by atoms with Crippen molar-refractivity contribution < 1.29 is 9.47 Å². The van der Waals surface area contributed by atoms with Gasteiger partial charge in [0.25, 0.3) is 0 Å². The van der Waals surface area contributed by atoms with Gasteiger partial charge < -0.3 is 0 Å². The molecular weight excluding hydrogens is 165 g/mol. The summed E-state index contributed by atoms with van der Waals surface area (Å²) in [4.78, 5) is 0. The second kappa shape index (κ2) is 5.60. The molecule has 3 heteroatoms. The van der Waals surface area contributed by atoms with Gasteiger partial charge in [0.05, 0.1) is 0 Å². The Balaban J connectivity index is 3.07. The van der Waals surface area contributed by atoms with Crippen LogP contribution < -0.4 is 0 Å². The van der Waals surface area contributed by atoms with Crippen molar-refractivity contribution in [1.82, 2.24) is 0 Å². The van der Waals surface area contributed by atoms with E-state index in [1.165, 1.54) is 0 Å². The molecule has 49 valence electrons. The molecule has 0 heterocycles. The third-order valence-electron chi connectivity index (χ3n) is 0.966. The Morgan fingerprint density at radius 1 is 1.50 bits per heavy atom. The summed E-state index contributed by atoms with van der Waals surface area (Å²) in [5, 5.41) is 1.17. The molecule has 0 aliphatic rings. The summed E-state index contributed by atoms with van der Waals surface area (Å²) in [6.07, 6.45) is 0. The number of ether oxygens (including phenoxy) is 2. The molecule has 8 heavy (non-hydrogen) atoms. The van der Waals surface area contributed by atoms with Crippen molar-refractivity contribution in [3.63, 3.8) is 0 Å². The van der Waals surface area contributed by atoms with Crippen molar-refractivity contribution in [2.45, 2.75) is 10.4 Å². The molecular formula is C5H13GeO2. The van der Waals surface area contributed by atoms with Crippen molar-refractivity contribution in [2.75, 3.05) is 14.2 Å². The molecule has 0 rings (SSSR count). The van der Waals surface area contributed by atoms with E-state index in [1.807, 2.05) is 0 Å². The Bertz CT molecular complexity index is 45.7. The number of hydrogen-bond acceptors (Lipinski definition) is 2. The van der Waals surface area contributed by atoms with Gasteiger partial charge in [-0.25, -0.2) is 0 Å². The van der Waals surface area contributed by atoms with Gasteiger partial charge in [0.2, 0.25) is 0 Å². The number of rotatable bonds is 4. The van der Waals surface area contributed by atoms with Crippen LogP contribution in [0.1, 0.15) is 0 Å². The molecule has 1 radical (unpaired) electrons. The first kappa shape index (κ1) is 8.46. The first-order valence-corrected chi connectivity index (χ1v) is 6.51. The Labute approximate surface area is 57.0 Å². The maximum absolute atomic E-state index is 4.96. The average Bonchev–Trinajstić information content (AvgIpc) is 1.83. The normalized spacial score (nSPS) is 12.0. The van der Waals surface area contributed by atoms with Gasteiger partial charge in [0.1, 0.15) is 0 Å². The van der Waals surface area contributed by atoms with Gasteiger partial charge in [-0.15, -0.1) is 0 Å². The van der Waals surface area contributed by atoms with Crippen molar-refractivity contribution in [3.05, 3.63) is 6.92 Å². The molecule has 0 aromatic heterocycles. The van der Waals surface area contributed by atoms with E-state index in [0.717, 1.165) is 5.25 Å². The molecule has 0 fully saturated rings. The van der Waals surface area contributed by atoms with Gasteiger partial charge in [-0.3, -0.25) is 0 Å². The molecule has 0 aliphatic carbocycles. The molecule has 0 spiro atoms. The summed E-state index contributed by atoms with van der Waals surface area (Å²) in [5.74, 6) is 0. The first-order valence-electron chi connectivity index (χ1n) is 2.70. The van der Waals surface area contributed by atoms with Crippen molar-refractivity contribution in [1.29, 1.82) is 0 Å². The van der Waals surface area contributed by atoms with Gasteiger partial charge in [0.15, 0.2) is 0 Å². The van der Waals surface area contributed by atoms with Gasteiger partial charge in [-0.1, -0.05) is 0 Å². The average molecular weight is 178 g/mol. The van der Waals surface area contributed by atoms with Crippen LogP contribution in [-0.4, -0.2) is 34.8 Å². The van der Waals surface area contributed by atoms with Crippen molar-refractivity contribution >= 4 is 15.4 Å². The molecule has 0 amide bonds. The zero-order chi connectivity index (χ0) is 6.41.